The predicted molar refractivity (Wildman–Crippen MR) is 69.5 cm³/mol. The number of carbonyl (C=O) groups is 1. The van der Waals surface area contributed by atoms with Crippen LogP contribution in [0.3, 0.4) is 0 Å². The Morgan fingerprint density at radius 2 is 1.94 bits per heavy atom. The number of rotatable bonds is 4. The van der Waals surface area contributed by atoms with E-state index >= 15 is 0 Å². The van der Waals surface area contributed by atoms with Crippen LogP contribution in [0.5, 0.6) is 0 Å². The van der Waals surface area contributed by atoms with Crippen molar-refractivity contribution in [1.82, 2.24) is 0 Å². The van der Waals surface area contributed by atoms with Crippen molar-refractivity contribution in [3.05, 3.63) is 0 Å². The Balaban J connectivity index is 3.99. The lowest BCUT2D eigenvalue weighted by atomic mass is 10.2. The highest BCUT2D eigenvalue weighted by Crippen LogP contribution is 1.99. The maximum atomic E-state index is 11.3. The van der Waals surface area contributed by atoms with E-state index < -0.39 is 14.1 Å². The SMILES string of the molecule is CC(C)COC(=O)CC(N)C#C[Si](C)(C)C. The number of hydrogen-bond donors (Lipinski definition) is 1. The summed E-state index contributed by atoms with van der Waals surface area (Å²) in [5.74, 6) is 3.03. The number of hydrogen-bond acceptors (Lipinski definition) is 3. The second-order valence-electron chi connectivity index (χ2n) is 5.41. The van der Waals surface area contributed by atoms with Crippen molar-refractivity contribution in [2.75, 3.05) is 6.61 Å². The third kappa shape index (κ3) is 9.75. The van der Waals surface area contributed by atoms with E-state index in [1.165, 1.54) is 0 Å². The maximum absolute atomic E-state index is 11.3. The van der Waals surface area contributed by atoms with Gasteiger partial charge in [-0.15, -0.1) is 5.54 Å². The minimum Gasteiger partial charge on any atom is -0.465 e. The van der Waals surface area contributed by atoms with Crippen LogP contribution >= 0.6 is 0 Å². The molecule has 0 aromatic carbocycles. The zero-order valence-corrected chi connectivity index (χ0v) is 12.0. The standard InChI is InChI=1S/C12H23NO2Si/c1-10(2)9-15-12(14)8-11(13)6-7-16(3,4)5/h10-11H,8-9,13H2,1-5H3. The average molecular weight is 241 g/mol. The van der Waals surface area contributed by atoms with Gasteiger partial charge in [0.15, 0.2) is 0 Å². The van der Waals surface area contributed by atoms with Crippen LogP contribution in [0.1, 0.15) is 20.3 Å². The van der Waals surface area contributed by atoms with E-state index in [1.54, 1.807) is 0 Å². The van der Waals surface area contributed by atoms with Crippen molar-refractivity contribution in [3.8, 4) is 11.5 Å². The third-order valence-electron chi connectivity index (χ3n) is 1.60. The summed E-state index contributed by atoms with van der Waals surface area (Å²) in [4.78, 5) is 11.3. The van der Waals surface area contributed by atoms with Crippen molar-refractivity contribution in [1.29, 1.82) is 0 Å². The molecule has 0 amide bonds. The van der Waals surface area contributed by atoms with E-state index in [9.17, 15) is 4.79 Å². The van der Waals surface area contributed by atoms with Gasteiger partial charge in [0.2, 0.25) is 0 Å². The molecule has 0 rings (SSSR count). The highest BCUT2D eigenvalue weighted by Gasteiger charge is 2.11. The molecule has 0 saturated heterocycles. The van der Waals surface area contributed by atoms with Gasteiger partial charge < -0.3 is 10.5 Å². The van der Waals surface area contributed by atoms with Crippen LogP contribution in [0, 0.1) is 17.4 Å². The normalized spacial score (nSPS) is 12.9. The second kappa shape index (κ2) is 6.72. The molecule has 3 nitrogen and oxygen atoms in total. The Morgan fingerprint density at radius 3 is 2.38 bits per heavy atom. The molecular formula is C12H23NO2Si. The average Bonchev–Trinajstić information content (AvgIpc) is 2.10. The Kier molecular flexibility index (Phi) is 6.38. The summed E-state index contributed by atoms with van der Waals surface area (Å²) in [6.45, 7) is 10.9. The van der Waals surface area contributed by atoms with Crippen molar-refractivity contribution in [2.45, 2.75) is 46.0 Å². The van der Waals surface area contributed by atoms with Crippen molar-refractivity contribution < 1.29 is 9.53 Å². The van der Waals surface area contributed by atoms with Gasteiger partial charge >= 0.3 is 5.97 Å². The van der Waals surface area contributed by atoms with E-state index in [0.717, 1.165) is 0 Å². The predicted octanol–water partition coefficient (Wildman–Crippen LogP) is 1.78. The molecular weight excluding hydrogens is 218 g/mol. The summed E-state index contributed by atoms with van der Waals surface area (Å²) in [6.07, 6.45) is 0.185. The van der Waals surface area contributed by atoms with Gasteiger partial charge in [-0.05, 0) is 5.92 Å². The molecule has 0 radical (unpaired) electrons. The molecule has 4 heteroatoms. The van der Waals surface area contributed by atoms with Crippen LogP contribution < -0.4 is 5.73 Å². The summed E-state index contributed by atoms with van der Waals surface area (Å²) in [6, 6.07) is -0.397. The smallest absolute Gasteiger partial charge is 0.308 e. The first kappa shape index (κ1) is 15.2. The quantitative estimate of drug-likeness (QED) is 0.464. The molecule has 2 N–H and O–H groups in total. The monoisotopic (exact) mass is 241 g/mol. The highest BCUT2D eigenvalue weighted by molar-refractivity contribution is 6.83. The molecule has 1 atom stereocenters. The summed E-state index contributed by atoms with van der Waals surface area (Å²) in [5.41, 5.74) is 8.88. The highest BCUT2D eigenvalue weighted by atomic mass is 28.3. The Morgan fingerprint density at radius 1 is 1.38 bits per heavy atom. The number of nitrogens with two attached hydrogens (primary N) is 1. The topological polar surface area (TPSA) is 52.3 Å². The first-order valence-electron chi connectivity index (χ1n) is 5.64. The molecule has 16 heavy (non-hydrogen) atoms. The van der Waals surface area contributed by atoms with Crippen LogP contribution in [0.2, 0.25) is 19.6 Å². The molecule has 0 aromatic heterocycles. The van der Waals surface area contributed by atoms with Crippen molar-refractivity contribution >= 4 is 14.0 Å². The van der Waals surface area contributed by atoms with E-state index in [1.807, 2.05) is 13.8 Å². The first-order chi connectivity index (χ1) is 7.20. The van der Waals surface area contributed by atoms with E-state index in [2.05, 4.69) is 31.1 Å². The molecule has 0 bridgehead atoms. The number of ether oxygens (including phenoxy) is 1. The zero-order chi connectivity index (χ0) is 12.8. The largest absolute Gasteiger partial charge is 0.465 e. The van der Waals surface area contributed by atoms with Gasteiger partial charge in [-0.1, -0.05) is 39.4 Å². The Bertz CT molecular complexity index is 284. The first-order valence-corrected chi connectivity index (χ1v) is 9.14. The zero-order valence-electron chi connectivity index (χ0n) is 11.0. The lowest BCUT2D eigenvalue weighted by Crippen LogP contribution is -2.26. The van der Waals surface area contributed by atoms with E-state index in [-0.39, 0.29) is 12.4 Å². The lowest BCUT2D eigenvalue weighted by molar-refractivity contribution is -0.144. The summed E-state index contributed by atoms with van der Waals surface area (Å²) in [5, 5.41) is 0. The molecule has 0 aliphatic carbocycles. The van der Waals surface area contributed by atoms with Crippen molar-refractivity contribution in [2.24, 2.45) is 11.7 Å². The molecule has 0 aromatic rings. The van der Waals surface area contributed by atoms with Gasteiger partial charge in [0.05, 0.1) is 19.1 Å². The summed E-state index contributed by atoms with van der Waals surface area (Å²) >= 11 is 0. The number of esters is 1. The van der Waals surface area contributed by atoms with Crippen molar-refractivity contribution in [3.63, 3.8) is 0 Å². The second-order valence-corrected chi connectivity index (χ2v) is 10.2. The number of carbonyl (C=O) groups excluding carboxylic acids is 1. The summed E-state index contributed by atoms with van der Waals surface area (Å²) in [7, 11) is -1.40. The molecule has 1 unspecified atom stereocenters. The molecule has 0 heterocycles. The molecule has 0 saturated carbocycles. The van der Waals surface area contributed by atoms with E-state index in [4.69, 9.17) is 10.5 Å². The van der Waals surface area contributed by atoms with Gasteiger partial charge in [0.1, 0.15) is 8.07 Å². The fourth-order valence-corrected chi connectivity index (χ4v) is 1.48. The molecule has 0 aliphatic rings. The van der Waals surface area contributed by atoms with E-state index in [0.29, 0.717) is 12.5 Å². The summed E-state index contributed by atoms with van der Waals surface area (Å²) < 4.78 is 5.03. The van der Waals surface area contributed by atoms with Crippen LogP contribution in [0.25, 0.3) is 0 Å². The van der Waals surface area contributed by atoms with Crippen LogP contribution in [0.4, 0.5) is 0 Å². The molecule has 92 valence electrons. The fourth-order valence-electron chi connectivity index (χ4n) is 0.858. The van der Waals surface area contributed by atoms with Crippen LogP contribution in [-0.2, 0) is 9.53 Å². The molecule has 0 fully saturated rings. The van der Waals surface area contributed by atoms with Crippen LogP contribution in [-0.4, -0.2) is 26.7 Å². The van der Waals surface area contributed by atoms with Gasteiger partial charge in [0.25, 0.3) is 0 Å². The minimum atomic E-state index is -1.40. The minimum absolute atomic E-state index is 0.185. The molecule has 0 aliphatic heterocycles. The van der Waals surface area contributed by atoms with Gasteiger partial charge in [-0.3, -0.25) is 4.79 Å². The Labute approximate surface area is 99.7 Å². The lowest BCUT2D eigenvalue weighted by Gasteiger charge is -2.09. The molecule has 0 spiro atoms. The van der Waals surface area contributed by atoms with Gasteiger partial charge in [0, 0.05) is 0 Å². The fraction of sp³-hybridized carbons (Fsp3) is 0.750. The van der Waals surface area contributed by atoms with Gasteiger partial charge in [-0.25, -0.2) is 0 Å². The Hall–Kier alpha value is -0.793. The van der Waals surface area contributed by atoms with Crippen LogP contribution in [0.15, 0.2) is 0 Å². The third-order valence-corrected chi connectivity index (χ3v) is 2.49. The maximum Gasteiger partial charge on any atom is 0.308 e. The van der Waals surface area contributed by atoms with Gasteiger partial charge in [-0.2, -0.15) is 0 Å².